The van der Waals surface area contributed by atoms with Gasteiger partial charge in [0.1, 0.15) is 0 Å². The molecular weight excluding hydrogens is 129 g/mol. The van der Waals surface area contributed by atoms with Crippen LogP contribution in [-0.4, -0.2) is 29.8 Å². The summed E-state index contributed by atoms with van der Waals surface area (Å²) in [5, 5.41) is 4.39. The predicted octanol–water partition coefficient (Wildman–Crippen LogP) is 2.15. The fraction of sp³-hybridized carbons (Fsp3) is 0.778. The minimum atomic E-state index is 0.625. The van der Waals surface area contributed by atoms with Crippen LogP contribution in [-0.2, 0) is 0 Å². The van der Waals surface area contributed by atoms with Crippen molar-refractivity contribution in [3.63, 3.8) is 0 Å². The van der Waals surface area contributed by atoms with Crippen LogP contribution in [0.15, 0.2) is 12.7 Å². The molecule has 0 aromatic rings. The normalized spacial score (nSPS) is 9.45. The van der Waals surface area contributed by atoms with E-state index in [4.69, 9.17) is 0 Å². The molecule has 0 unspecified atom stereocenters. The molecule has 0 atom stereocenters. The van der Waals surface area contributed by atoms with Crippen LogP contribution in [0, 0.1) is 0 Å². The average molecular weight is 149 g/mol. The maximum atomic E-state index is 3.48. The van der Waals surface area contributed by atoms with Crippen LogP contribution in [0.1, 0.15) is 27.7 Å². The standard InChI is InChI=1S/C6H15N.C3H5.Li/c1-5(2)7-6(3)4;1-3-2;/h5-7H,1-4H3;3H,1-2H2;. The second kappa shape index (κ2) is 10.3. The molecule has 0 aliphatic carbocycles. The second-order valence-electron chi connectivity index (χ2n) is 3.17. The van der Waals surface area contributed by atoms with Gasteiger partial charge in [0, 0.05) is 12.1 Å². The average Bonchev–Trinajstić information content (AvgIpc) is 1.85. The predicted molar refractivity (Wildman–Crippen MR) is 54.2 cm³/mol. The van der Waals surface area contributed by atoms with E-state index < -0.39 is 0 Å². The Morgan fingerprint density at radius 1 is 1.27 bits per heavy atom. The van der Waals surface area contributed by atoms with Gasteiger partial charge in [-0.2, -0.15) is 0 Å². The van der Waals surface area contributed by atoms with E-state index in [1.165, 1.54) is 0 Å². The van der Waals surface area contributed by atoms with Crippen molar-refractivity contribution in [2.75, 3.05) is 0 Å². The molecule has 0 heterocycles. The molecule has 0 saturated carbocycles. The molecule has 0 aliphatic heterocycles. The zero-order valence-electron chi connectivity index (χ0n) is 8.65. The van der Waals surface area contributed by atoms with E-state index in [0.717, 1.165) is 5.09 Å². The fourth-order valence-electron chi connectivity index (χ4n) is 0.667. The van der Waals surface area contributed by atoms with Crippen molar-refractivity contribution < 1.29 is 0 Å². The number of hydrogen-bond donors (Lipinski definition) is 1. The summed E-state index contributed by atoms with van der Waals surface area (Å²) in [5.41, 5.74) is 0. The molecule has 0 amide bonds. The molecule has 0 aromatic carbocycles. The summed E-state index contributed by atoms with van der Waals surface area (Å²) < 4.78 is 0. The van der Waals surface area contributed by atoms with Gasteiger partial charge in [-0.25, -0.2) is 0 Å². The summed E-state index contributed by atoms with van der Waals surface area (Å²) in [7, 11) is 0. The van der Waals surface area contributed by atoms with E-state index in [1.807, 2.05) is 6.08 Å². The molecule has 0 bridgehead atoms. The molecular formula is C9H20LiN. The van der Waals surface area contributed by atoms with Gasteiger partial charge in [-0.15, -0.1) is 0 Å². The Morgan fingerprint density at radius 2 is 1.55 bits per heavy atom. The summed E-state index contributed by atoms with van der Waals surface area (Å²) in [4.78, 5) is 0. The summed E-state index contributed by atoms with van der Waals surface area (Å²) in [5.74, 6) is 0. The summed E-state index contributed by atoms with van der Waals surface area (Å²) in [6.07, 6.45) is 1.88. The van der Waals surface area contributed by atoms with Crippen LogP contribution in [0.5, 0.6) is 0 Å². The molecule has 0 fully saturated rings. The second-order valence-corrected chi connectivity index (χ2v) is 3.17. The fourth-order valence-corrected chi connectivity index (χ4v) is 0.667. The topological polar surface area (TPSA) is 12.0 Å². The molecule has 0 rings (SSSR count). The maximum absolute atomic E-state index is 3.48. The quantitative estimate of drug-likeness (QED) is 0.479. The Bertz CT molecular complexity index is 73.6. The molecule has 0 aromatic heterocycles. The molecule has 11 heavy (non-hydrogen) atoms. The number of hydrogen-bond acceptors (Lipinski definition) is 1. The van der Waals surface area contributed by atoms with E-state index in [9.17, 15) is 0 Å². The van der Waals surface area contributed by atoms with Gasteiger partial charge in [0.25, 0.3) is 0 Å². The number of nitrogens with one attached hydrogen (secondary N) is 1. The van der Waals surface area contributed by atoms with E-state index in [0.29, 0.717) is 12.1 Å². The molecule has 2 heteroatoms. The first-order chi connectivity index (χ1) is 5.04. The van der Waals surface area contributed by atoms with Gasteiger partial charge >= 0.3 is 35.5 Å². The molecule has 0 saturated heterocycles. The first kappa shape index (κ1) is 13.9. The van der Waals surface area contributed by atoms with Crippen molar-refractivity contribution in [3.05, 3.63) is 12.7 Å². The van der Waals surface area contributed by atoms with E-state index >= 15 is 0 Å². The summed E-state index contributed by atoms with van der Waals surface area (Å²) >= 11 is 2.06. The third-order valence-corrected chi connectivity index (χ3v) is 0.955. The zero-order chi connectivity index (χ0) is 9.28. The van der Waals surface area contributed by atoms with Crippen molar-refractivity contribution in [2.45, 2.75) is 44.9 Å². The molecule has 62 valence electrons. The minimum absolute atomic E-state index is 0.625. The van der Waals surface area contributed by atoms with Crippen molar-refractivity contribution >= 4 is 17.7 Å². The van der Waals surface area contributed by atoms with Gasteiger partial charge in [0.05, 0.1) is 0 Å². The van der Waals surface area contributed by atoms with E-state index in [1.54, 1.807) is 0 Å². The number of allylic oxidation sites excluding steroid dienone is 1. The first-order valence-corrected chi connectivity index (χ1v) is 4.41. The molecule has 1 N–H and O–H groups in total. The van der Waals surface area contributed by atoms with Crippen molar-refractivity contribution in [2.24, 2.45) is 0 Å². The number of rotatable bonds is 3. The van der Waals surface area contributed by atoms with Gasteiger partial charge in [0.15, 0.2) is 0 Å². The SMILES string of the molecule is CC(C)NC(C)C.[Li][CH2]C=C. The van der Waals surface area contributed by atoms with Crippen LogP contribution < -0.4 is 5.32 Å². The Labute approximate surface area is 80.8 Å². The Kier molecular flexibility index (Phi) is 13.0. The molecule has 0 spiro atoms. The van der Waals surface area contributed by atoms with E-state index in [-0.39, 0.29) is 0 Å². The van der Waals surface area contributed by atoms with Crippen molar-refractivity contribution in [3.8, 4) is 0 Å². The van der Waals surface area contributed by atoms with Crippen LogP contribution >= 0.6 is 0 Å². The molecule has 1 nitrogen and oxygen atoms in total. The van der Waals surface area contributed by atoms with Crippen molar-refractivity contribution in [1.82, 2.24) is 5.32 Å². The van der Waals surface area contributed by atoms with Crippen LogP contribution in [0.2, 0.25) is 5.09 Å². The summed E-state index contributed by atoms with van der Waals surface area (Å²) in [6, 6.07) is 1.25. The Hall–Kier alpha value is 0.297. The molecule has 0 aliphatic rings. The third-order valence-electron chi connectivity index (χ3n) is 0.955. The first-order valence-electron chi connectivity index (χ1n) is 4.41. The van der Waals surface area contributed by atoms with Gasteiger partial charge in [-0.05, 0) is 0 Å². The zero-order valence-corrected chi connectivity index (χ0v) is 8.65. The van der Waals surface area contributed by atoms with Gasteiger partial charge in [-0.3, -0.25) is 0 Å². The summed E-state index contributed by atoms with van der Waals surface area (Å²) in [6.45, 7) is 12.1. The van der Waals surface area contributed by atoms with E-state index in [2.05, 4.69) is 57.3 Å². The molecule has 0 radical (unpaired) electrons. The van der Waals surface area contributed by atoms with Crippen LogP contribution in [0.3, 0.4) is 0 Å². The van der Waals surface area contributed by atoms with Gasteiger partial charge in [-0.1, -0.05) is 27.7 Å². The Morgan fingerprint density at radius 3 is 1.55 bits per heavy atom. The third kappa shape index (κ3) is 25.3. The Balaban J connectivity index is 0. The van der Waals surface area contributed by atoms with Crippen LogP contribution in [0.4, 0.5) is 0 Å². The van der Waals surface area contributed by atoms with Gasteiger partial charge in [0.2, 0.25) is 0 Å². The van der Waals surface area contributed by atoms with Gasteiger partial charge < -0.3 is 5.32 Å². The van der Waals surface area contributed by atoms with Crippen molar-refractivity contribution in [1.29, 1.82) is 0 Å². The monoisotopic (exact) mass is 149 g/mol. The van der Waals surface area contributed by atoms with Crippen LogP contribution in [0.25, 0.3) is 0 Å².